The van der Waals surface area contributed by atoms with E-state index in [1.165, 1.54) is 77.7 Å². The Morgan fingerprint density at radius 1 is 0.545 bits per heavy atom. The van der Waals surface area contributed by atoms with Gasteiger partial charge in [0.2, 0.25) is 0 Å². The third kappa shape index (κ3) is 3.23. The fraction of sp³-hybridized carbons (Fsp3) is 0.250. The molecule has 218 valence electrons. The number of hydrogen-bond acceptors (Lipinski definition) is 0. The minimum absolute atomic E-state index is 0.0372. The molecule has 4 heteroatoms. The molecule has 0 saturated heterocycles. The lowest BCUT2D eigenvalue weighted by Gasteiger charge is -2.25. The number of allylic oxidation sites excluding steroid dienone is 4. The van der Waals surface area contributed by atoms with Crippen molar-refractivity contribution >= 4 is 60.9 Å². The molecule has 0 unspecified atom stereocenters. The SMILES string of the molecule is CC(C)(C)c1ccc(-n2c3cccc4c3n3c5c2ccc(C(C)(C)C)c5n2c5ccccc5c(c23)n4C2=CCCC=C2)cc1. The fourth-order valence-corrected chi connectivity index (χ4v) is 7.77. The van der Waals surface area contributed by atoms with Crippen LogP contribution >= 0.6 is 0 Å². The standard InChI is InChI=1S/C40H38N4/c1-39(2,3)25-19-21-27(22-20-25)41-31-17-12-18-32-36(31)44-37-33(41)24-23-29(40(4,5)6)35(37)43-30-16-11-10-15-28(30)34(38(43)44)42(32)26-13-8-7-9-14-26/h8,10-24H,7,9H2,1-6H3. The maximum atomic E-state index is 2.59. The Labute approximate surface area is 257 Å². The quantitative estimate of drug-likeness (QED) is 0.144. The summed E-state index contributed by atoms with van der Waals surface area (Å²) in [5.41, 5.74) is 16.5. The van der Waals surface area contributed by atoms with E-state index in [9.17, 15) is 0 Å². The predicted molar refractivity (Wildman–Crippen MR) is 187 cm³/mol. The molecule has 4 aromatic heterocycles. The molecule has 0 fully saturated rings. The van der Waals surface area contributed by atoms with E-state index in [0.29, 0.717) is 0 Å². The average Bonchev–Trinajstić information content (AvgIpc) is 3.53. The second kappa shape index (κ2) is 8.47. The molecule has 44 heavy (non-hydrogen) atoms. The van der Waals surface area contributed by atoms with Gasteiger partial charge in [-0.05, 0) is 77.3 Å². The van der Waals surface area contributed by atoms with E-state index < -0.39 is 0 Å². The summed E-state index contributed by atoms with van der Waals surface area (Å²) in [6, 6.07) is 29.8. The molecule has 0 aliphatic heterocycles. The van der Waals surface area contributed by atoms with E-state index in [-0.39, 0.29) is 10.8 Å². The van der Waals surface area contributed by atoms with Gasteiger partial charge in [0.25, 0.3) is 0 Å². The van der Waals surface area contributed by atoms with Crippen LogP contribution in [-0.2, 0) is 10.8 Å². The van der Waals surface area contributed by atoms with Crippen LogP contribution < -0.4 is 0 Å². The first kappa shape index (κ1) is 25.8. The highest BCUT2D eigenvalue weighted by Crippen LogP contribution is 2.46. The number of para-hydroxylation sites is 2. The number of imidazole rings is 1. The number of fused-ring (bicyclic) bond motifs is 4. The first-order valence-electron chi connectivity index (χ1n) is 16.0. The summed E-state index contributed by atoms with van der Waals surface area (Å²) in [6.07, 6.45) is 9.20. The number of rotatable bonds is 2. The topological polar surface area (TPSA) is 18.7 Å². The zero-order valence-corrected chi connectivity index (χ0v) is 26.4. The van der Waals surface area contributed by atoms with Gasteiger partial charge in [0.15, 0.2) is 0 Å². The van der Waals surface area contributed by atoms with Crippen LogP contribution in [0.3, 0.4) is 0 Å². The van der Waals surface area contributed by atoms with Gasteiger partial charge in [-0.15, -0.1) is 0 Å². The number of benzene rings is 4. The van der Waals surface area contributed by atoms with Crippen LogP contribution in [0.1, 0.15) is 65.5 Å². The van der Waals surface area contributed by atoms with Crippen LogP contribution in [0, 0.1) is 0 Å². The second-order valence-electron chi connectivity index (χ2n) is 14.7. The Morgan fingerprint density at radius 2 is 1.25 bits per heavy atom. The summed E-state index contributed by atoms with van der Waals surface area (Å²) in [6.45, 7) is 13.9. The average molecular weight is 575 g/mol. The molecule has 1 aliphatic rings. The Bertz CT molecular complexity index is 2480. The van der Waals surface area contributed by atoms with Gasteiger partial charge in [0.1, 0.15) is 5.65 Å². The predicted octanol–water partition coefficient (Wildman–Crippen LogP) is 10.6. The van der Waals surface area contributed by atoms with Gasteiger partial charge in [-0.1, -0.05) is 96.2 Å². The monoisotopic (exact) mass is 574 g/mol. The minimum Gasteiger partial charge on any atom is -0.306 e. The molecule has 0 saturated carbocycles. The van der Waals surface area contributed by atoms with Crippen LogP contribution in [0.15, 0.2) is 97.1 Å². The minimum atomic E-state index is -0.0372. The zero-order chi connectivity index (χ0) is 30.1. The van der Waals surface area contributed by atoms with E-state index in [4.69, 9.17) is 0 Å². The normalized spacial score (nSPS) is 14.9. The van der Waals surface area contributed by atoms with Crippen molar-refractivity contribution in [3.05, 3.63) is 108 Å². The smallest absolute Gasteiger partial charge is 0.148 e. The van der Waals surface area contributed by atoms with Crippen molar-refractivity contribution < 1.29 is 0 Å². The third-order valence-corrected chi connectivity index (χ3v) is 9.81. The van der Waals surface area contributed by atoms with Gasteiger partial charge in [-0.25, -0.2) is 0 Å². The van der Waals surface area contributed by atoms with E-state index in [0.717, 1.165) is 12.8 Å². The van der Waals surface area contributed by atoms with Crippen LogP contribution in [0.25, 0.3) is 66.6 Å². The molecular weight excluding hydrogens is 536 g/mol. The molecular formula is C40H38N4. The second-order valence-corrected chi connectivity index (χ2v) is 14.7. The molecule has 4 aromatic carbocycles. The number of aromatic nitrogens is 4. The van der Waals surface area contributed by atoms with Gasteiger partial charge in [-0.2, -0.15) is 0 Å². The third-order valence-electron chi connectivity index (χ3n) is 9.81. The molecule has 4 nitrogen and oxygen atoms in total. The van der Waals surface area contributed by atoms with Gasteiger partial charge < -0.3 is 9.13 Å². The molecule has 0 radical (unpaired) electrons. The molecule has 0 amide bonds. The highest BCUT2D eigenvalue weighted by molar-refractivity contribution is 6.18. The van der Waals surface area contributed by atoms with Crippen LogP contribution in [0.5, 0.6) is 0 Å². The first-order valence-corrected chi connectivity index (χ1v) is 16.0. The Morgan fingerprint density at radius 3 is 1.95 bits per heavy atom. The molecule has 0 bridgehead atoms. The highest BCUT2D eigenvalue weighted by atomic mass is 15.2. The van der Waals surface area contributed by atoms with Crippen molar-refractivity contribution in [1.29, 1.82) is 0 Å². The molecule has 0 spiro atoms. The van der Waals surface area contributed by atoms with Gasteiger partial charge in [0.05, 0.1) is 44.1 Å². The number of nitrogens with zero attached hydrogens (tertiary/aromatic N) is 4. The lowest BCUT2D eigenvalue weighted by atomic mass is 9.85. The van der Waals surface area contributed by atoms with Crippen LogP contribution in [-0.4, -0.2) is 17.9 Å². The van der Waals surface area contributed by atoms with Crippen molar-refractivity contribution in [1.82, 2.24) is 17.9 Å². The Kier molecular flexibility index (Phi) is 4.96. The van der Waals surface area contributed by atoms with Crippen LogP contribution in [0.4, 0.5) is 0 Å². The molecule has 0 N–H and O–H groups in total. The first-order chi connectivity index (χ1) is 21.1. The largest absolute Gasteiger partial charge is 0.306 e. The summed E-state index contributed by atoms with van der Waals surface area (Å²) in [7, 11) is 0. The summed E-state index contributed by atoms with van der Waals surface area (Å²) in [5, 5.41) is 1.29. The van der Waals surface area contributed by atoms with E-state index in [1.54, 1.807) is 0 Å². The number of hydrogen-bond donors (Lipinski definition) is 0. The molecule has 9 rings (SSSR count). The van der Waals surface area contributed by atoms with Crippen molar-refractivity contribution in [2.75, 3.05) is 0 Å². The van der Waals surface area contributed by atoms with Crippen LogP contribution in [0.2, 0.25) is 0 Å². The van der Waals surface area contributed by atoms with Crippen molar-refractivity contribution in [2.45, 2.75) is 65.2 Å². The van der Waals surface area contributed by atoms with E-state index in [1.807, 2.05) is 0 Å². The summed E-state index contributed by atoms with van der Waals surface area (Å²) >= 11 is 0. The molecule has 4 heterocycles. The molecule has 8 aromatic rings. The van der Waals surface area contributed by atoms with Crippen molar-refractivity contribution in [3.8, 4) is 5.69 Å². The van der Waals surface area contributed by atoms with Gasteiger partial charge in [0, 0.05) is 16.8 Å². The van der Waals surface area contributed by atoms with E-state index >= 15 is 0 Å². The maximum Gasteiger partial charge on any atom is 0.148 e. The van der Waals surface area contributed by atoms with Gasteiger partial charge in [-0.3, -0.25) is 8.80 Å². The Balaban J connectivity index is 1.59. The maximum absolute atomic E-state index is 2.59. The fourth-order valence-electron chi connectivity index (χ4n) is 7.77. The lowest BCUT2D eigenvalue weighted by Crippen LogP contribution is -2.14. The Hall–Kier alpha value is -4.70. The van der Waals surface area contributed by atoms with Crippen molar-refractivity contribution in [2.24, 2.45) is 0 Å². The lowest BCUT2D eigenvalue weighted by molar-refractivity contribution is 0.590. The molecule has 0 atom stereocenters. The molecule has 1 aliphatic carbocycles. The summed E-state index contributed by atoms with van der Waals surface area (Å²) < 4.78 is 10.2. The van der Waals surface area contributed by atoms with E-state index in [2.05, 4.69) is 157 Å². The highest BCUT2D eigenvalue weighted by Gasteiger charge is 2.31. The summed E-state index contributed by atoms with van der Waals surface area (Å²) in [4.78, 5) is 0. The summed E-state index contributed by atoms with van der Waals surface area (Å²) in [5.74, 6) is 0. The van der Waals surface area contributed by atoms with Gasteiger partial charge >= 0.3 is 0 Å². The van der Waals surface area contributed by atoms with Crippen molar-refractivity contribution in [3.63, 3.8) is 0 Å². The zero-order valence-electron chi connectivity index (χ0n) is 26.4.